The van der Waals surface area contributed by atoms with Gasteiger partial charge in [0.15, 0.2) is 0 Å². The van der Waals surface area contributed by atoms with Gasteiger partial charge in [0.25, 0.3) is 0 Å². The summed E-state index contributed by atoms with van der Waals surface area (Å²) in [6.45, 7) is 6.03. The topological polar surface area (TPSA) is 43.9 Å². The van der Waals surface area contributed by atoms with Crippen molar-refractivity contribution in [2.45, 2.75) is 26.3 Å². The summed E-state index contributed by atoms with van der Waals surface area (Å²) in [5.41, 5.74) is 7.69. The third-order valence-electron chi connectivity index (χ3n) is 7.11. The van der Waals surface area contributed by atoms with Crippen LogP contribution in [0.3, 0.4) is 0 Å². The largest absolute Gasteiger partial charge is 0.361 e. The number of hydrogen-bond acceptors (Lipinski definition) is 3. The fourth-order valence-corrected chi connectivity index (χ4v) is 6.18. The van der Waals surface area contributed by atoms with Crippen molar-refractivity contribution in [1.29, 1.82) is 0 Å². The van der Waals surface area contributed by atoms with Gasteiger partial charge in [-0.2, -0.15) is 0 Å². The average molecular weight is 548 g/mol. The molecule has 0 saturated heterocycles. The Hall–Kier alpha value is -3.96. The van der Waals surface area contributed by atoms with Crippen LogP contribution in [-0.2, 0) is 5.54 Å². The first-order valence-electron chi connectivity index (χ1n) is 12.3. The summed E-state index contributed by atoms with van der Waals surface area (Å²) in [7, 11) is 0. The van der Waals surface area contributed by atoms with Crippen LogP contribution in [0.15, 0.2) is 112 Å². The molecule has 0 fully saturated rings. The first-order chi connectivity index (χ1) is 18.0. The van der Waals surface area contributed by atoms with Crippen LogP contribution >= 0.6 is 15.9 Å². The molecule has 37 heavy (non-hydrogen) atoms. The highest BCUT2D eigenvalue weighted by Gasteiger charge is 2.40. The summed E-state index contributed by atoms with van der Waals surface area (Å²) in [5.74, 6) is 1.72. The molecule has 0 saturated carbocycles. The quantitative estimate of drug-likeness (QED) is 0.204. The minimum absolute atomic E-state index is 0.653. The molecule has 0 aliphatic rings. The summed E-state index contributed by atoms with van der Waals surface area (Å²) in [6, 6.07) is 36.4. The van der Waals surface area contributed by atoms with Gasteiger partial charge in [-0.3, -0.25) is 0 Å². The zero-order valence-corrected chi connectivity index (χ0v) is 22.5. The van der Waals surface area contributed by atoms with Crippen molar-refractivity contribution < 1.29 is 4.52 Å². The van der Waals surface area contributed by atoms with Crippen molar-refractivity contribution in [2.24, 2.45) is 0 Å². The SMILES string of the molecule is Cc1noc(C)c1-c1cc(Br)c2nc(C)n(C(c3ccccc3)(c3ccccc3)c3ccccc3)c2c1. The van der Waals surface area contributed by atoms with E-state index in [9.17, 15) is 0 Å². The maximum atomic E-state index is 5.52. The Morgan fingerprint density at radius 2 is 1.24 bits per heavy atom. The van der Waals surface area contributed by atoms with Crippen LogP contribution in [0.2, 0.25) is 0 Å². The van der Waals surface area contributed by atoms with Crippen LogP contribution < -0.4 is 0 Å². The fourth-order valence-electron chi connectivity index (χ4n) is 5.64. The lowest BCUT2D eigenvalue weighted by Crippen LogP contribution is -2.38. The van der Waals surface area contributed by atoms with Gasteiger partial charge < -0.3 is 9.09 Å². The monoisotopic (exact) mass is 547 g/mol. The van der Waals surface area contributed by atoms with Crippen LogP contribution in [0.5, 0.6) is 0 Å². The van der Waals surface area contributed by atoms with Gasteiger partial charge in [0.2, 0.25) is 0 Å². The Labute approximate surface area is 224 Å². The Kier molecular flexibility index (Phi) is 5.81. The highest BCUT2D eigenvalue weighted by Crippen LogP contribution is 2.45. The minimum Gasteiger partial charge on any atom is -0.361 e. The van der Waals surface area contributed by atoms with Gasteiger partial charge in [-0.25, -0.2) is 4.98 Å². The summed E-state index contributed by atoms with van der Waals surface area (Å²) in [4.78, 5) is 5.10. The summed E-state index contributed by atoms with van der Waals surface area (Å²) < 4.78 is 8.84. The Bertz CT molecular complexity index is 1590. The maximum Gasteiger partial charge on any atom is 0.141 e. The summed E-state index contributed by atoms with van der Waals surface area (Å²) in [6.07, 6.45) is 0. The molecule has 182 valence electrons. The Morgan fingerprint density at radius 1 is 0.730 bits per heavy atom. The van der Waals surface area contributed by atoms with Crippen LogP contribution in [-0.4, -0.2) is 14.7 Å². The second kappa shape index (κ2) is 9.16. The molecule has 0 atom stereocenters. The van der Waals surface area contributed by atoms with Crippen LogP contribution in [0, 0.1) is 20.8 Å². The van der Waals surface area contributed by atoms with Gasteiger partial charge in [-0.1, -0.05) is 96.2 Å². The van der Waals surface area contributed by atoms with E-state index >= 15 is 0 Å². The average Bonchev–Trinajstić information content (AvgIpc) is 3.45. The van der Waals surface area contributed by atoms with Gasteiger partial charge in [0.05, 0.1) is 11.2 Å². The van der Waals surface area contributed by atoms with Gasteiger partial charge in [0.1, 0.15) is 22.6 Å². The first-order valence-corrected chi connectivity index (χ1v) is 13.1. The van der Waals surface area contributed by atoms with Crippen LogP contribution in [0.4, 0.5) is 0 Å². The summed E-state index contributed by atoms with van der Waals surface area (Å²) in [5, 5.41) is 4.21. The maximum absolute atomic E-state index is 5.52. The number of nitrogens with zero attached hydrogens (tertiary/aromatic N) is 3. The molecule has 6 rings (SSSR count). The number of aryl methyl sites for hydroxylation is 3. The number of hydrogen-bond donors (Lipinski definition) is 0. The highest BCUT2D eigenvalue weighted by atomic mass is 79.9. The van der Waals surface area contributed by atoms with E-state index in [1.54, 1.807) is 0 Å². The molecule has 6 aromatic rings. The number of aromatic nitrogens is 3. The van der Waals surface area contributed by atoms with E-state index in [-0.39, 0.29) is 0 Å². The van der Waals surface area contributed by atoms with Crippen molar-refractivity contribution in [1.82, 2.24) is 14.7 Å². The predicted octanol–water partition coefficient (Wildman–Crippen LogP) is 8.22. The van der Waals surface area contributed by atoms with E-state index in [0.29, 0.717) is 0 Å². The second-order valence-corrected chi connectivity index (χ2v) is 10.2. The second-order valence-electron chi connectivity index (χ2n) is 9.33. The van der Waals surface area contributed by atoms with Crippen LogP contribution in [0.1, 0.15) is 34.0 Å². The molecule has 4 nitrogen and oxygen atoms in total. The smallest absolute Gasteiger partial charge is 0.141 e. The summed E-state index contributed by atoms with van der Waals surface area (Å²) >= 11 is 3.84. The highest BCUT2D eigenvalue weighted by molar-refractivity contribution is 9.10. The number of fused-ring (bicyclic) bond motifs is 1. The molecule has 5 heteroatoms. The molecule has 0 N–H and O–H groups in total. The van der Waals surface area contributed by atoms with Gasteiger partial charge in [-0.05, 0) is 71.1 Å². The molecule has 0 radical (unpaired) electrons. The van der Waals surface area contributed by atoms with E-state index in [2.05, 4.69) is 136 Å². The van der Waals surface area contributed by atoms with Crippen molar-refractivity contribution in [3.63, 3.8) is 0 Å². The molecular formula is C32H26BrN3O. The number of halogens is 1. The van der Waals surface area contributed by atoms with Gasteiger partial charge >= 0.3 is 0 Å². The standard InChI is InChI=1S/C32H26BrN3O/c1-21-30(22(2)37-35-21)24-19-28(33)31-29(20-24)36(23(3)34-31)32(25-13-7-4-8-14-25,26-15-9-5-10-16-26)27-17-11-6-12-18-27/h4-20H,1-3H3. The number of benzene rings is 4. The molecule has 4 aromatic carbocycles. The third kappa shape index (κ3) is 3.65. The number of imidazole rings is 1. The Morgan fingerprint density at radius 3 is 1.70 bits per heavy atom. The molecular weight excluding hydrogens is 522 g/mol. The van der Waals surface area contributed by atoms with E-state index in [4.69, 9.17) is 9.51 Å². The fraction of sp³-hybridized carbons (Fsp3) is 0.125. The molecule has 2 heterocycles. The molecule has 0 bridgehead atoms. The van der Waals surface area contributed by atoms with Crippen molar-refractivity contribution in [3.8, 4) is 11.1 Å². The molecule has 0 spiro atoms. The number of rotatable bonds is 5. The van der Waals surface area contributed by atoms with E-state index < -0.39 is 5.54 Å². The van der Waals surface area contributed by atoms with Crippen molar-refractivity contribution in [2.75, 3.05) is 0 Å². The molecule has 0 unspecified atom stereocenters. The minimum atomic E-state index is -0.653. The van der Waals surface area contributed by atoms with E-state index in [1.165, 1.54) is 0 Å². The van der Waals surface area contributed by atoms with Crippen LogP contribution in [0.25, 0.3) is 22.2 Å². The molecule has 0 aliphatic heterocycles. The lowest BCUT2D eigenvalue weighted by Gasteiger charge is -2.39. The van der Waals surface area contributed by atoms with Crippen molar-refractivity contribution in [3.05, 3.63) is 142 Å². The van der Waals surface area contributed by atoms with E-state index in [1.807, 2.05) is 13.8 Å². The lowest BCUT2D eigenvalue weighted by molar-refractivity contribution is 0.393. The van der Waals surface area contributed by atoms with Gasteiger partial charge in [0, 0.05) is 10.0 Å². The zero-order chi connectivity index (χ0) is 25.6. The van der Waals surface area contributed by atoms with E-state index in [0.717, 1.165) is 60.6 Å². The molecule has 0 aliphatic carbocycles. The Balaban J connectivity index is 1.80. The first kappa shape index (κ1) is 23.4. The predicted molar refractivity (Wildman–Crippen MR) is 152 cm³/mol. The molecule has 2 aromatic heterocycles. The normalized spacial score (nSPS) is 11.8. The third-order valence-corrected chi connectivity index (χ3v) is 7.72. The van der Waals surface area contributed by atoms with Gasteiger partial charge in [-0.15, -0.1) is 0 Å². The van der Waals surface area contributed by atoms with Crippen molar-refractivity contribution >= 4 is 27.0 Å². The zero-order valence-electron chi connectivity index (χ0n) is 20.9. The lowest BCUT2D eigenvalue weighted by atomic mass is 9.76. The molecule has 0 amide bonds.